The Labute approximate surface area is 121 Å². The number of rotatable bonds is 6. The van der Waals surface area contributed by atoms with Crippen LogP contribution in [0.4, 0.5) is 0 Å². The first-order chi connectivity index (χ1) is 9.08. The zero-order valence-corrected chi connectivity index (χ0v) is 13.4. The first-order valence-corrected chi connectivity index (χ1v) is 8.13. The molecule has 1 N–H and O–H groups in total. The smallest absolute Gasteiger partial charge is 0.0561 e. The third-order valence-corrected chi connectivity index (χ3v) is 5.02. The van der Waals surface area contributed by atoms with Gasteiger partial charge in [0.2, 0.25) is 0 Å². The Balaban J connectivity index is 1.84. The number of nitrogens with zero attached hydrogens (tertiary/aromatic N) is 2. The lowest BCUT2D eigenvalue weighted by Gasteiger charge is -2.26. The minimum absolute atomic E-state index is 0.494. The van der Waals surface area contributed by atoms with Crippen LogP contribution in [-0.2, 0) is 0 Å². The van der Waals surface area contributed by atoms with E-state index in [1.54, 1.807) is 0 Å². The highest BCUT2D eigenvalue weighted by Gasteiger charge is 2.25. The summed E-state index contributed by atoms with van der Waals surface area (Å²) >= 11 is 1.86. The zero-order valence-electron chi connectivity index (χ0n) is 12.6. The number of thiophene rings is 1. The lowest BCUT2D eigenvalue weighted by atomic mass is 10.2. The predicted molar refractivity (Wildman–Crippen MR) is 83.9 cm³/mol. The van der Waals surface area contributed by atoms with E-state index in [-0.39, 0.29) is 0 Å². The highest BCUT2D eigenvalue weighted by molar-refractivity contribution is 7.10. The van der Waals surface area contributed by atoms with Crippen LogP contribution in [0.5, 0.6) is 0 Å². The molecule has 3 nitrogen and oxygen atoms in total. The Morgan fingerprint density at radius 1 is 1.47 bits per heavy atom. The summed E-state index contributed by atoms with van der Waals surface area (Å²) in [7, 11) is 4.34. The molecule has 1 fully saturated rings. The molecular formula is C15H27N3S. The van der Waals surface area contributed by atoms with Crippen molar-refractivity contribution in [2.45, 2.75) is 38.4 Å². The maximum atomic E-state index is 3.76. The molecule has 1 aliphatic heterocycles. The average molecular weight is 281 g/mol. The molecule has 2 atom stereocenters. The van der Waals surface area contributed by atoms with Gasteiger partial charge in [0.15, 0.2) is 0 Å². The molecule has 19 heavy (non-hydrogen) atoms. The molecule has 108 valence electrons. The van der Waals surface area contributed by atoms with Gasteiger partial charge in [0.05, 0.1) is 6.04 Å². The number of likely N-dealkylation sites (tertiary alicyclic amines) is 1. The van der Waals surface area contributed by atoms with Gasteiger partial charge in [-0.25, -0.2) is 0 Å². The Morgan fingerprint density at radius 3 is 2.79 bits per heavy atom. The molecule has 1 saturated heterocycles. The number of hydrogen-bond acceptors (Lipinski definition) is 4. The molecule has 0 aromatic carbocycles. The standard InChI is InChI=1S/C15H27N3S/c1-12(2)18-8-7-13(11-18)16-10-14(17(3)4)15-6-5-9-19-15/h5-6,9,12-14,16H,7-8,10-11H2,1-4H3. The lowest BCUT2D eigenvalue weighted by Crippen LogP contribution is -2.39. The summed E-state index contributed by atoms with van der Waals surface area (Å²) in [6, 6.07) is 6.21. The zero-order chi connectivity index (χ0) is 13.8. The molecule has 2 rings (SSSR count). The topological polar surface area (TPSA) is 18.5 Å². The molecule has 1 aromatic rings. The van der Waals surface area contributed by atoms with Gasteiger partial charge >= 0.3 is 0 Å². The molecule has 1 aromatic heterocycles. The SMILES string of the molecule is CC(C)N1CCC(NCC(c2cccs2)N(C)C)C1. The maximum Gasteiger partial charge on any atom is 0.0561 e. The van der Waals surface area contributed by atoms with Gasteiger partial charge in [0, 0.05) is 30.1 Å². The fourth-order valence-electron chi connectivity index (χ4n) is 2.72. The second-order valence-corrected chi connectivity index (χ2v) is 6.96. The van der Waals surface area contributed by atoms with Crippen LogP contribution >= 0.6 is 11.3 Å². The minimum atomic E-state index is 0.494. The van der Waals surface area contributed by atoms with E-state index in [1.165, 1.54) is 24.4 Å². The Bertz CT molecular complexity index is 361. The molecule has 4 heteroatoms. The number of likely N-dealkylation sites (N-methyl/N-ethyl adjacent to an activating group) is 1. The average Bonchev–Trinajstić information content (AvgIpc) is 2.98. The van der Waals surface area contributed by atoms with Gasteiger partial charge in [-0.15, -0.1) is 11.3 Å². The fourth-order valence-corrected chi connectivity index (χ4v) is 3.64. The largest absolute Gasteiger partial charge is 0.311 e. The van der Waals surface area contributed by atoms with Crippen molar-refractivity contribution in [3.05, 3.63) is 22.4 Å². The normalized spacial score (nSPS) is 22.5. The molecule has 0 saturated carbocycles. The Morgan fingerprint density at radius 2 is 2.26 bits per heavy atom. The summed E-state index contributed by atoms with van der Waals surface area (Å²) in [5, 5.41) is 5.93. The molecule has 0 spiro atoms. The first kappa shape index (κ1) is 15.0. The summed E-state index contributed by atoms with van der Waals surface area (Å²) in [5.41, 5.74) is 0. The second kappa shape index (κ2) is 6.84. The summed E-state index contributed by atoms with van der Waals surface area (Å²) in [6.07, 6.45) is 1.28. The number of nitrogens with one attached hydrogen (secondary N) is 1. The maximum absolute atomic E-state index is 3.76. The van der Waals surface area contributed by atoms with Gasteiger partial charge in [0.1, 0.15) is 0 Å². The highest BCUT2D eigenvalue weighted by atomic mass is 32.1. The van der Waals surface area contributed by atoms with Gasteiger partial charge in [-0.2, -0.15) is 0 Å². The summed E-state index contributed by atoms with van der Waals surface area (Å²) in [6.45, 7) is 8.06. The molecule has 0 aliphatic carbocycles. The van der Waals surface area contributed by atoms with Crippen molar-refractivity contribution >= 4 is 11.3 Å². The second-order valence-electron chi connectivity index (χ2n) is 5.98. The first-order valence-electron chi connectivity index (χ1n) is 7.25. The molecule has 1 aliphatic rings. The van der Waals surface area contributed by atoms with Gasteiger partial charge in [-0.1, -0.05) is 6.07 Å². The number of hydrogen-bond donors (Lipinski definition) is 1. The monoisotopic (exact) mass is 281 g/mol. The van der Waals surface area contributed by atoms with Crippen molar-refractivity contribution in [3.63, 3.8) is 0 Å². The van der Waals surface area contributed by atoms with Crippen LogP contribution in [-0.4, -0.2) is 55.6 Å². The third kappa shape index (κ3) is 4.02. The summed E-state index contributed by atoms with van der Waals surface area (Å²) in [5.74, 6) is 0. The van der Waals surface area contributed by atoms with E-state index in [0.29, 0.717) is 18.1 Å². The van der Waals surface area contributed by atoms with Crippen molar-refractivity contribution in [2.75, 3.05) is 33.7 Å². The van der Waals surface area contributed by atoms with Crippen molar-refractivity contribution < 1.29 is 0 Å². The Kier molecular flexibility index (Phi) is 5.39. The van der Waals surface area contributed by atoms with Crippen molar-refractivity contribution in [1.82, 2.24) is 15.1 Å². The van der Waals surface area contributed by atoms with Gasteiger partial charge in [-0.05, 0) is 52.4 Å². The molecular weight excluding hydrogens is 254 g/mol. The quantitative estimate of drug-likeness (QED) is 0.864. The van der Waals surface area contributed by atoms with Crippen LogP contribution in [0.15, 0.2) is 17.5 Å². The van der Waals surface area contributed by atoms with E-state index >= 15 is 0 Å². The molecule has 2 unspecified atom stereocenters. The summed E-state index contributed by atoms with van der Waals surface area (Å²) in [4.78, 5) is 6.33. The molecule has 0 bridgehead atoms. The van der Waals surface area contributed by atoms with Gasteiger partial charge < -0.3 is 10.2 Å². The van der Waals surface area contributed by atoms with Crippen LogP contribution in [0, 0.1) is 0 Å². The van der Waals surface area contributed by atoms with Gasteiger partial charge in [0.25, 0.3) is 0 Å². The third-order valence-electron chi connectivity index (χ3n) is 4.04. The van der Waals surface area contributed by atoms with E-state index in [1.807, 2.05) is 11.3 Å². The van der Waals surface area contributed by atoms with E-state index in [4.69, 9.17) is 0 Å². The van der Waals surface area contributed by atoms with Crippen LogP contribution in [0.3, 0.4) is 0 Å². The van der Waals surface area contributed by atoms with Crippen LogP contribution in [0.1, 0.15) is 31.2 Å². The van der Waals surface area contributed by atoms with Crippen molar-refractivity contribution in [1.29, 1.82) is 0 Å². The fraction of sp³-hybridized carbons (Fsp3) is 0.733. The minimum Gasteiger partial charge on any atom is -0.311 e. The van der Waals surface area contributed by atoms with E-state index in [0.717, 1.165) is 6.54 Å². The highest BCUT2D eigenvalue weighted by Crippen LogP contribution is 2.23. The van der Waals surface area contributed by atoms with Crippen LogP contribution in [0.25, 0.3) is 0 Å². The predicted octanol–water partition coefficient (Wildman–Crippen LogP) is 2.42. The molecule has 2 heterocycles. The molecule has 0 radical (unpaired) electrons. The van der Waals surface area contributed by atoms with Crippen molar-refractivity contribution in [3.8, 4) is 0 Å². The van der Waals surface area contributed by atoms with E-state index in [2.05, 4.69) is 60.6 Å². The summed E-state index contributed by atoms with van der Waals surface area (Å²) < 4.78 is 0. The Hall–Kier alpha value is -0.420. The van der Waals surface area contributed by atoms with E-state index in [9.17, 15) is 0 Å². The van der Waals surface area contributed by atoms with Crippen molar-refractivity contribution in [2.24, 2.45) is 0 Å². The van der Waals surface area contributed by atoms with E-state index < -0.39 is 0 Å². The van der Waals surface area contributed by atoms with Crippen LogP contribution < -0.4 is 5.32 Å². The van der Waals surface area contributed by atoms with Gasteiger partial charge in [-0.3, -0.25) is 4.90 Å². The van der Waals surface area contributed by atoms with Crippen LogP contribution in [0.2, 0.25) is 0 Å². The lowest BCUT2D eigenvalue weighted by molar-refractivity contribution is 0.257. The molecule has 0 amide bonds.